The van der Waals surface area contributed by atoms with Crippen LogP contribution in [0.3, 0.4) is 0 Å². The molecule has 218 valence electrons. The smallest absolute Gasteiger partial charge is 0.305 e. The number of ether oxygens (including phenoxy) is 1. The number of aliphatic hydroxyl groups is 1. The van der Waals surface area contributed by atoms with Crippen LogP contribution in [0.15, 0.2) is 106 Å². The lowest BCUT2D eigenvalue weighted by atomic mass is 9.85. The van der Waals surface area contributed by atoms with Gasteiger partial charge in [0, 0.05) is 52.8 Å². The van der Waals surface area contributed by atoms with Crippen molar-refractivity contribution in [1.29, 1.82) is 0 Å². The molecule has 0 unspecified atom stereocenters. The van der Waals surface area contributed by atoms with E-state index in [0.29, 0.717) is 25.0 Å². The van der Waals surface area contributed by atoms with Crippen LogP contribution in [0.2, 0.25) is 0 Å². The van der Waals surface area contributed by atoms with Crippen molar-refractivity contribution in [2.75, 3.05) is 7.11 Å². The highest BCUT2D eigenvalue weighted by molar-refractivity contribution is 6.20. The summed E-state index contributed by atoms with van der Waals surface area (Å²) < 4.78 is 5.00. The molecule has 6 rings (SSSR count). The average molecular weight is 565 g/mol. The third-order valence-electron chi connectivity index (χ3n) is 9.80. The molecule has 1 fully saturated rings. The van der Waals surface area contributed by atoms with Gasteiger partial charge in [-0.05, 0) is 87.0 Å². The Morgan fingerprint density at radius 2 is 1.64 bits per heavy atom. The molecule has 0 aromatic heterocycles. The monoisotopic (exact) mass is 564 g/mol. The molecule has 5 heterocycles. The largest absolute Gasteiger partial charge is 0.511 e. The summed E-state index contributed by atoms with van der Waals surface area (Å²) in [7, 11) is 1.43. The minimum Gasteiger partial charge on any atom is -0.511 e. The van der Waals surface area contributed by atoms with Gasteiger partial charge < -0.3 is 15.2 Å². The molecule has 0 radical (unpaired) electrons. The number of allylic oxidation sites excluding steroid dienone is 12. The third kappa shape index (κ3) is 4.16. The molecule has 8 bridgehead atoms. The molecular formula is C35H40N4O3. The first-order chi connectivity index (χ1) is 20.1. The number of hydrogen-bond acceptors (Lipinski definition) is 7. The number of rotatable bonds is 5. The maximum Gasteiger partial charge on any atom is 0.305 e. The molecule has 1 aliphatic carbocycles. The van der Waals surface area contributed by atoms with Gasteiger partial charge in [-0.2, -0.15) is 0 Å². The van der Waals surface area contributed by atoms with Gasteiger partial charge in [0.2, 0.25) is 0 Å². The van der Waals surface area contributed by atoms with E-state index in [1.807, 2.05) is 6.08 Å². The number of carbonyl (C=O) groups excluding carboxylic acids is 1. The molecule has 2 atom stereocenters. The van der Waals surface area contributed by atoms with E-state index in [2.05, 4.69) is 59.9 Å². The summed E-state index contributed by atoms with van der Waals surface area (Å²) in [5.41, 5.74) is 16.4. The fourth-order valence-electron chi connectivity index (χ4n) is 7.34. The fourth-order valence-corrected chi connectivity index (χ4v) is 7.34. The topological polar surface area (TPSA) is 95.6 Å². The van der Waals surface area contributed by atoms with E-state index in [1.165, 1.54) is 29.4 Å². The number of nitrogens with one attached hydrogen (secondary N) is 1. The van der Waals surface area contributed by atoms with Crippen molar-refractivity contribution in [2.45, 2.75) is 80.6 Å². The quantitative estimate of drug-likeness (QED) is 0.340. The van der Waals surface area contributed by atoms with Crippen molar-refractivity contribution in [2.24, 2.45) is 26.8 Å². The average Bonchev–Trinajstić information content (AvgIpc) is 3.76. The molecule has 7 nitrogen and oxygen atoms in total. The van der Waals surface area contributed by atoms with E-state index in [0.717, 1.165) is 80.8 Å². The van der Waals surface area contributed by atoms with Gasteiger partial charge in [-0.1, -0.05) is 20.8 Å². The van der Waals surface area contributed by atoms with Gasteiger partial charge >= 0.3 is 5.97 Å². The Hall–Kier alpha value is -4.00. The molecule has 2 N–H and O–H groups in total. The molecule has 0 aromatic carbocycles. The lowest BCUT2D eigenvalue weighted by molar-refractivity contribution is -0.140. The molecule has 0 aromatic rings. The number of carbonyl (C=O) groups is 1. The molecule has 0 spiro atoms. The maximum absolute atomic E-state index is 12.2. The van der Waals surface area contributed by atoms with E-state index in [9.17, 15) is 9.90 Å². The molecular weight excluding hydrogens is 524 g/mol. The zero-order valence-electron chi connectivity index (χ0n) is 26.0. The molecule has 5 aliphatic heterocycles. The summed E-state index contributed by atoms with van der Waals surface area (Å²) >= 11 is 0. The summed E-state index contributed by atoms with van der Waals surface area (Å²) in [4.78, 5) is 27.8. The number of nitrogens with zero attached hydrogens (tertiary/aromatic N) is 3. The first-order valence-corrected chi connectivity index (χ1v) is 15.1. The second kappa shape index (κ2) is 10.4. The Balaban J connectivity index is 1.63. The number of aliphatic imine (C=N–C) groups is 3. The second-order valence-corrected chi connectivity index (χ2v) is 12.0. The summed E-state index contributed by atoms with van der Waals surface area (Å²) in [6, 6.07) is 0. The van der Waals surface area contributed by atoms with Crippen molar-refractivity contribution in [3.05, 3.63) is 91.0 Å². The molecule has 0 saturated carbocycles. The Kier molecular flexibility index (Phi) is 6.95. The van der Waals surface area contributed by atoms with Crippen LogP contribution < -0.4 is 5.32 Å². The van der Waals surface area contributed by atoms with Gasteiger partial charge in [0.15, 0.2) is 0 Å². The van der Waals surface area contributed by atoms with E-state index in [1.54, 1.807) is 0 Å². The fraction of sp³-hybridized carbons (Fsp3) is 0.429. The van der Waals surface area contributed by atoms with E-state index in [-0.39, 0.29) is 17.8 Å². The Morgan fingerprint density at radius 3 is 2.33 bits per heavy atom. The van der Waals surface area contributed by atoms with Gasteiger partial charge in [-0.25, -0.2) is 15.0 Å². The number of fused-ring (bicyclic) bond motifs is 5. The standard InChI is InChI=1S/C35H40N4O3/c1-9-21-17(4)31-20(7)32-18(5)23(11-12-30(41)42-8)34(39-32)25-14-29(40)24-13-26(37-35(24)25)19(6)33-22(10-2)16(3)27(36-33)15-28(21)38-31/h13,15,18,23,39-40H,9-12,14H2,1-8H3/t18-,23-/m0/s1. The van der Waals surface area contributed by atoms with Crippen LogP contribution >= 0.6 is 0 Å². The summed E-state index contributed by atoms with van der Waals surface area (Å²) in [6.45, 7) is 15.1. The maximum atomic E-state index is 12.2. The lowest BCUT2D eigenvalue weighted by Crippen LogP contribution is -2.16. The van der Waals surface area contributed by atoms with Gasteiger partial charge in [-0.15, -0.1) is 0 Å². The molecule has 7 heteroatoms. The molecule has 6 aliphatic rings. The van der Waals surface area contributed by atoms with Crippen LogP contribution in [0.5, 0.6) is 0 Å². The third-order valence-corrected chi connectivity index (χ3v) is 9.80. The number of hydrogen-bond donors (Lipinski definition) is 2. The van der Waals surface area contributed by atoms with E-state index >= 15 is 0 Å². The zero-order valence-corrected chi connectivity index (χ0v) is 26.0. The number of aliphatic hydroxyl groups excluding tert-OH is 1. The highest BCUT2D eigenvalue weighted by Crippen LogP contribution is 2.46. The van der Waals surface area contributed by atoms with Crippen molar-refractivity contribution in [3.8, 4) is 0 Å². The van der Waals surface area contributed by atoms with Crippen LogP contribution in [0.25, 0.3) is 0 Å². The van der Waals surface area contributed by atoms with Crippen molar-refractivity contribution in [1.82, 2.24) is 5.32 Å². The predicted octanol–water partition coefficient (Wildman–Crippen LogP) is 7.41. The van der Waals surface area contributed by atoms with Crippen molar-refractivity contribution >= 4 is 23.1 Å². The lowest BCUT2D eigenvalue weighted by Gasteiger charge is -2.17. The highest BCUT2D eigenvalue weighted by Gasteiger charge is 2.41. The number of esters is 1. The van der Waals surface area contributed by atoms with Gasteiger partial charge in [0.1, 0.15) is 5.76 Å². The van der Waals surface area contributed by atoms with Gasteiger partial charge in [-0.3, -0.25) is 4.79 Å². The Morgan fingerprint density at radius 1 is 0.929 bits per heavy atom. The SMILES string of the molecule is CCC1=C(C)C2=NC1=CC1=NC(=C(C)C3=CC4=C(O)CC(=C5NC(=C2C)[C@@H](C)[C@@H]5CCC(=O)OC)C4=N3)C(CC)=C1C. The highest BCUT2D eigenvalue weighted by atomic mass is 16.5. The molecule has 1 saturated heterocycles. The summed E-state index contributed by atoms with van der Waals surface area (Å²) in [5.74, 6) is 0.273. The summed E-state index contributed by atoms with van der Waals surface area (Å²) in [5, 5.41) is 14.9. The zero-order chi connectivity index (χ0) is 30.0. The van der Waals surface area contributed by atoms with Gasteiger partial charge in [0.05, 0.1) is 41.3 Å². The van der Waals surface area contributed by atoms with Crippen LogP contribution in [0.1, 0.15) is 80.6 Å². The van der Waals surface area contributed by atoms with Crippen LogP contribution in [0.4, 0.5) is 0 Å². The van der Waals surface area contributed by atoms with Crippen LogP contribution in [0, 0.1) is 11.8 Å². The van der Waals surface area contributed by atoms with Gasteiger partial charge in [0.25, 0.3) is 0 Å². The molecule has 42 heavy (non-hydrogen) atoms. The Bertz CT molecular complexity index is 1690. The predicted molar refractivity (Wildman–Crippen MR) is 168 cm³/mol. The second-order valence-electron chi connectivity index (χ2n) is 12.0. The van der Waals surface area contributed by atoms with E-state index < -0.39 is 0 Å². The Labute approximate surface area is 248 Å². The van der Waals surface area contributed by atoms with E-state index in [4.69, 9.17) is 19.7 Å². The minimum atomic E-state index is -0.218. The molecule has 0 amide bonds. The first kappa shape index (κ1) is 28.1. The van der Waals surface area contributed by atoms with Crippen molar-refractivity contribution in [3.63, 3.8) is 0 Å². The first-order valence-electron chi connectivity index (χ1n) is 15.1. The van der Waals surface area contributed by atoms with Crippen LogP contribution in [-0.2, 0) is 9.53 Å². The number of methoxy groups -OCH3 is 1. The normalized spacial score (nSPS) is 25.0. The van der Waals surface area contributed by atoms with Crippen molar-refractivity contribution < 1.29 is 14.6 Å². The minimum absolute atomic E-state index is 0.0453. The van der Waals surface area contributed by atoms with Crippen LogP contribution in [-0.4, -0.2) is 35.3 Å². The summed E-state index contributed by atoms with van der Waals surface area (Å²) in [6.07, 6.45) is 7.27.